The van der Waals surface area contributed by atoms with Crippen molar-refractivity contribution in [1.29, 1.82) is 0 Å². The van der Waals surface area contributed by atoms with Gasteiger partial charge in [-0.2, -0.15) is 0 Å². The van der Waals surface area contributed by atoms with Crippen LogP contribution in [-0.2, 0) is 13.0 Å². The fourth-order valence-electron chi connectivity index (χ4n) is 3.05. The van der Waals surface area contributed by atoms with Crippen molar-refractivity contribution >= 4 is 0 Å². The lowest BCUT2D eigenvalue weighted by atomic mass is 10.1. The number of likely N-dealkylation sites (N-methyl/N-ethyl adjacent to an activating group) is 1. The van der Waals surface area contributed by atoms with E-state index in [-0.39, 0.29) is 0 Å². The maximum absolute atomic E-state index is 3.58. The average molecular weight is 287 g/mol. The van der Waals surface area contributed by atoms with Gasteiger partial charge in [-0.15, -0.1) is 0 Å². The molecule has 3 heteroatoms. The molecule has 1 atom stereocenters. The van der Waals surface area contributed by atoms with Gasteiger partial charge in [0, 0.05) is 38.3 Å². The SMILES string of the molecule is CC1CN(Cc2ccc(CCNC3CC3)cc2)CCN1C. The zero-order valence-electron chi connectivity index (χ0n) is 13.5. The van der Waals surface area contributed by atoms with Crippen LogP contribution in [0.4, 0.5) is 0 Å². The van der Waals surface area contributed by atoms with Gasteiger partial charge in [0.1, 0.15) is 0 Å². The maximum atomic E-state index is 3.58. The van der Waals surface area contributed by atoms with E-state index in [1.807, 2.05) is 0 Å². The molecule has 1 N–H and O–H groups in total. The van der Waals surface area contributed by atoms with E-state index in [0.29, 0.717) is 6.04 Å². The lowest BCUT2D eigenvalue weighted by Crippen LogP contribution is -2.49. The number of piperazine rings is 1. The predicted molar refractivity (Wildman–Crippen MR) is 88.5 cm³/mol. The van der Waals surface area contributed by atoms with Crippen LogP contribution in [0.15, 0.2) is 24.3 Å². The number of rotatable bonds is 6. The van der Waals surface area contributed by atoms with E-state index >= 15 is 0 Å². The van der Waals surface area contributed by atoms with Crippen molar-refractivity contribution < 1.29 is 0 Å². The first-order chi connectivity index (χ1) is 10.2. The maximum Gasteiger partial charge on any atom is 0.0234 e. The van der Waals surface area contributed by atoms with E-state index in [9.17, 15) is 0 Å². The third kappa shape index (κ3) is 4.53. The summed E-state index contributed by atoms with van der Waals surface area (Å²) in [6, 6.07) is 10.7. The Hall–Kier alpha value is -0.900. The number of benzene rings is 1. The number of nitrogens with one attached hydrogen (secondary N) is 1. The van der Waals surface area contributed by atoms with Crippen LogP contribution in [0.25, 0.3) is 0 Å². The van der Waals surface area contributed by atoms with Gasteiger partial charge < -0.3 is 10.2 Å². The summed E-state index contributed by atoms with van der Waals surface area (Å²) in [6.45, 7) is 8.10. The summed E-state index contributed by atoms with van der Waals surface area (Å²) < 4.78 is 0. The molecule has 0 aromatic heterocycles. The molecular weight excluding hydrogens is 258 g/mol. The standard InChI is InChI=1S/C18H29N3/c1-15-13-21(12-11-20(15)2)14-17-5-3-16(4-6-17)9-10-19-18-7-8-18/h3-6,15,18-19H,7-14H2,1-2H3. The third-order valence-corrected chi connectivity index (χ3v) is 4.90. The van der Waals surface area contributed by atoms with Crippen LogP contribution >= 0.6 is 0 Å². The van der Waals surface area contributed by atoms with Crippen molar-refractivity contribution in [2.75, 3.05) is 33.2 Å². The van der Waals surface area contributed by atoms with Crippen LogP contribution in [-0.4, -0.2) is 55.1 Å². The molecule has 2 aliphatic rings. The Morgan fingerprint density at radius 2 is 1.81 bits per heavy atom. The van der Waals surface area contributed by atoms with Gasteiger partial charge in [-0.05, 0) is 50.9 Å². The van der Waals surface area contributed by atoms with Crippen molar-refractivity contribution in [2.45, 2.75) is 44.8 Å². The van der Waals surface area contributed by atoms with Crippen LogP contribution in [0.3, 0.4) is 0 Å². The Kier molecular flexibility index (Phi) is 4.94. The van der Waals surface area contributed by atoms with Gasteiger partial charge in [0.2, 0.25) is 0 Å². The molecule has 1 saturated carbocycles. The molecule has 1 saturated heterocycles. The summed E-state index contributed by atoms with van der Waals surface area (Å²) in [4.78, 5) is 5.03. The second-order valence-corrected chi connectivity index (χ2v) is 6.86. The van der Waals surface area contributed by atoms with Gasteiger partial charge in [0.15, 0.2) is 0 Å². The lowest BCUT2D eigenvalue weighted by molar-refractivity contribution is 0.1000. The highest BCUT2D eigenvalue weighted by Gasteiger charge is 2.20. The molecule has 3 rings (SSSR count). The molecule has 0 bridgehead atoms. The van der Waals surface area contributed by atoms with Crippen LogP contribution in [0.2, 0.25) is 0 Å². The van der Waals surface area contributed by atoms with Gasteiger partial charge in [-0.25, -0.2) is 0 Å². The first-order valence-corrected chi connectivity index (χ1v) is 8.44. The number of hydrogen-bond donors (Lipinski definition) is 1. The summed E-state index contributed by atoms with van der Waals surface area (Å²) in [5.41, 5.74) is 2.91. The summed E-state index contributed by atoms with van der Waals surface area (Å²) in [7, 11) is 2.23. The van der Waals surface area contributed by atoms with E-state index in [0.717, 1.165) is 25.6 Å². The van der Waals surface area contributed by atoms with Gasteiger partial charge in [0.05, 0.1) is 0 Å². The van der Waals surface area contributed by atoms with Gasteiger partial charge in [-0.3, -0.25) is 4.90 Å². The Labute approximate surface area is 129 Å². The first-order valence-electron chi connectivity index (χ1n) is 8.44. The highest BCUT2D eigenvalue weighted by molar-refractivity contribution is 5.23. The Morgan fingerprint density at radius 3 is 2.48 bits per heavy atom. The van der Waals surface area contributed by atoms with Crippen LogP contribution in [0, 0.1) is 0 Å². The molecule has 1 heterocycles. The third-order valence-electron chi connectivity index (χ3n) is 4.90. The summed E-state index contributed by atoms with van der Waals surface area (Å²) >= 11 is 0. The average Bonchev–Trinajstić information content (AvgIpc) is 3.29. The highest BCUT2D eigenvalue weighted by atomic mass is 15.3. The van der Waals surface area contributed by atoms with Crippen molar-refractivity contribution in [3.05, 3.63) is 35.4 Å². The molecule has 1 aromatic carbocycles. The van der Waals surface area contributed by atoms with Gasteiger partial charge in [-0.1, -0.05) is 24.3 Å². The smallest absolute Gasteiger partial charge is 0.0234 e. The zero-order valence-corrected chi connectivity index (χ0v) is 13.5. The van der Waals surface area contributed by atoms with E-state index in [4.69, 9.17) is 0 Å². The van der Waals surface area contributed by atoms with E-state index in [1.54, 1.807) is 0 Å². The fraction of sp³-hybridized carbons (Fsp3) is 0.667. The van der Waals surface area contributed by atoms with Gasteiger partial charge in [0.25, 0.3) is 0 Å². The molecule has 3 nitrogen and oxygen atoms in total. The van der Waals surface area contributed by atoms with E-state index in [2.05, 4.69) is 53.4 Å². The van der Waals surface area contributed by atoms with E-state index in [1.165, 1.54) is 43.6 Å². The largest absolute Gasteiger partial charge is 0.314 e. The minimum atomic E-state index is 0.673. The molecule has 1 aliphatic carbocycles. The van der Waals surface area contributed by atoms with Crippen LogP contribution < -0.4 is 5.32 Å². The van der Waals surface area contributed by atoms with Crippen molar-refractivity contribution in [1.82, 2.24) is 15.1 Å². The molecule has 21 heavy (non-hydrogen) atoms. The normalized spacial score (nSPS) is 24.4. The number of nitrogens with zero attached hydrogens (tertiary/aromatic N) is 2. The molecule has 1 unspecified atom stereocenters. The Morgan fingerprint density at radius 1 is 1.10 bits per heavy atom. The highest BCUT2D eigenvalue weighted by Crippen LogP contribution is 2.18. The minimum absolute atomic E-state index is 0.673. The molecule has 1 aliphatic heterocycles. The van der Waals surface area contributed by atoms with Crippen molar-refractivity contribution in [2.24, 2.45) is 0 Å². The molecule has 2 fully saturated rings. The summed E-state index contributed by atoms with van der Waals surface area (Å²) in [5.74, 6) is 0. The molecule has 1 aromatic rings. The quantitative estimate of drug-likeness (QED) is 0.864. The Balaban J connectivity index is 1.45. The molecule has 116 valence electrons. The van der Waals surface area contributed by atoms with E-state index < -0.39 is 0 Å². The molecule has 0 radical (unpaired) electrons. The van der Waals surface area contributed by atoms with Crippen molar-refractivity contribution in [3.63, 3.8) is 0 Å². The second-order valence-electron chi connectivity index (χ2n) is 6.86. The lowest BCUT2D eigenvalue weighted by Gasteiger charge is -2.37. The predicted octanol–water partition coefficient (Wildman–Crippen LogP) is 2.12. The molecule has 0 spiro atoms. The fourth-order valence-corrected chi connectivity index (χ4v) is 3.05. The van der Waals surface area contributed by atoms with Crippen LogP contribution in [0.1, 0.15) is 30.9 Å². The zero-order chi connectivity index (χ0) is 14.7. The molecule has 0 amide bonds. The Bertz CT molecular complexity index is 438. The second kappa shape index (κ2) is 6.91. The summed E-state index contributed by atoms with van der Waals surface area (Å²) in [6.07, 6.45) is 3.91. The monoisotopic (exact) mass is 287 g/mol. The minimum Gasteiger partial charge on any atom is -0.314 e. The van der Waals surface area contributed by atoms with Crippen LogP contribution in [0.5, 0.6) is 0 Å². The topological polar surface area (TPSA) is 18.5 Å². The van der Waals surface area contributed by atoms with Crippen molar-refractivity contribution in [3.8, 4) is 0 Å². The van der Waals surface area contributed by atoms with Gasteiger partial charge >= 0.3 is 0 Å². The summed E-state index contributed by atoms with van der Waals surface area (Å²) in [5, 5.41) is 3.58. The molecular formula is C18H29N3. The first kappa shape index (κ1) is 15.0. The number of hydrogen-bond acceptors (Lipinski definition) is 3.